The number of fused-ring (bicyclic) bond motifs is 1. The van der Waals surface area contributed by atoms with Crippen molar-refractivity contribution in [3.05, 3.63) is 10.4 Å². The Bertz CT molecular complexity index is 268. The molecule has 0 aromatic rings. The van der Waals surface area contributed by atoms with Crippen LogP contribution in [-0.4, -0.2) is 49.5 Å². The topological polar surface area (TPSA) is 100.0 Å². The number of methoxy groups -OCH3 is 1. The number of azide groups is 1. The minimum absolute atomic E-state index is 0.0874. The highest BCUT2D eigenvalue weighted by Crippen LogP contribution is 2.37. The number of aliphatic hydroxyl groups excluding tert-OH is 1. The van der Waals surface area contributed by atoms with E-state index in [1.807, 2.05) is 0 Å². The maximum atomic E-state index is 9.63. The van der Waals surface area contributed by atoms with Gasteiger partial charge in [-0.2, -0.15) is 0 Å². The Balaban J connectivity index is 1.98. The average Bonchev–Trinajstić information content (AvgIpc) is 2.97. The molecule has 2 rings (SSSR count). The molecule has 0 aromatic heterocycles. The molecule has 0 amide bonds. The fourth-order valence-corrected chi connectivity index (χ4v) is 1.63. The molecule has 2 saturated heterocycles. The van der Waals surface area contributed by atoms with Crippen LogP contribution in [0.2, 0.25) is 0 Å². The number of ether oxygens (including phenoxy) is 3. The average molecular weight is 201 g/mol. The van der Waals surface area contributed by atoms with Crippen LogP contribution in [0.25, 0.3) is 10.4 Å². The van der Waals surface area contributed by atoms with Crippen LogP contribution in [0.1, 0.15) is 0 Å². The molecule has 2 fully saturated rings. The molecule has 7 heteroatoms. The SMILES string of the molecule is CO[C@H]1O[C@H](CN=[N+]=[N-])[C@H](O)[C@@H]2O[C@H]12. The molecule has 2 aliphatic rings. The summed E-state index contributed by atoms with van der Waals surface area (Å²) in [5.74, 6) is 0. The summed E-state index contributed by atoms with van der Waals surface area (Å²) in [5, 5.41) is 13.0. The largest absolute Gasteiger partial charge is 0.388 e. The maximum Gasteiger partial charge on any atom is 0.186 e. The highest BCUT2D eigenvalue weighted by molar-refractivity contribution is 5.01. The van der Waals surface area contributed by atoms with Crippen molar-refractivity contribution in [2.75, 3.05) is 13.7 Å². The first kappa shape index (κ1) is 9.70. The molecule has 0 saturated carbocycles. The summed E-state index contributed by atoms with van der Waals surface area (Å²) in [6.07, 6.45) is -2.18. The second-order valence-corrected chi connectivity index (χ2v) is 3.25. The molecule has 78 valence electrons. The van der Waals surface area contributed by atoms with E-state index in [0.717, 1.165) is 0 Å². The third-order valence-corrected chi connectivity index (χ3v) is 2.41. The van der Waals surface area contributed by atoms with Crippen molar-refractivity contribution in [3.8, 4) is 0 Å². The first-order valence-electron chi connectivity index (χ1n) is 4.30. The van der Waals surface area contributed by atoms with E-state index >= 15 is 0 Å². The quantitative estimate of drug-likeness (QED) is 0.295. The fourth-order valence-electron chi connectivity index (χ4n) is 1.63. The van der Waals surface area contributed by atoms with Gasteiger partial charge in [0.05, 0.1) is 12.6 Å². The van der Waals surface area contributed by atoms with Crippen molar-refractivity contribution in [3.63, 3.8) is 0 Å². The van der Waals surface area contributed by atoms with Crippen LogP contribution in [-0.2, 0) is 14.2 Å². The molecular formula is C7H11N3O4. The molecule has 0 aliphatic carbocycles. The summed E-state index contributed by atoms with van der Waals surface area (Å²) in [7, 11) is 1.51. The van der Waals surface area contributed by atoms with E-state index in [0.29, 0.717) is 0 Å². The monoisotopic (exact) mass is 201 g/mol. The van der Waals surface area contributed by atoms with Gasteiger partial charge >= 0.3 is 0 Å². The maximum absolute atomic E-state index is 9.63. The lowest BCUT2D eigenvalue weighted by atomic mass is 10.1. The Labute approximate surface area is 80.2 Å². The number of nitrogens with zero attached hydrogens (tertiary/aromatic N) is 3. The Kier molecular flexibility index (Phi) is 2.58. The molecule has 0 unspecified atom stereocenters. The van der Waals surface area contributed by atoms with Crippen LogP contribution >= 0.6 is 0 Å². The van der Waals surface area contributed by atoms with Gasteiger partial charge in [0, 0.05) is 12.0 Å². The molecule has 7 nitrogen and oxygen atoms in total. The molecule has 1 N–H and O–H groups in total. The van der Waals surface area contributed by atoms with Gasteiger partial charge in [-0.25, -0.2) is 0 Å². The number of rotatable bonds is 3. The van der Waals surface area contributed by atoms with Gasteiger partial charge in [0.25, 0.3) is 0 Å². The van der Waals surface area contributed by atoms with E-state index in [4.69, 9.17) is 19.7 Å². The van der Waals surface area contributed by atoms with Crippen LogP contribution in [0.4, 0.5) is 0 Å². The van der Waals surface area contributed by atoms with Crippen LogP contribution < -0.4 is 0 Å². The van der Waals surface area contributed by atoms with Crippen molar-refractivity contribution in [2.24, 2.45) is 5.11 Å². The summed E-state index contributed by atoms with van der Waals surface area (Å²) in [6.45, 7) is 0.0874. The Morgan fingerprint density at radius 2 is 2.29 bits per heavy atom. The van der Waals surface area contributed by atoms with Crippen molar-refractivity contribution in [1.29, 1.82) is 0 Å². The van der Waals surface area contributed by atoms with E-state index in [-0.39, 0.29) is 18.8 Å². The summed E-state index contributed by atoms with van der Waals surface area (Å²) in [6, 6.07) is 0. The second-order valence-electron chi connectivity index (χ2n) is 3.25. The predicted molar refractivity (Wildman–Crippen MR) is 44.4 cm³/mol. The zero-order chi connectivity index (χ0) is 10.1. The molecule has 2 heterocycles. The standard InChI is InChI=1S/C7H11N3O4/c1-12-7-6-5(14-6)4(11)3(13-7)2-9-10-8/h3-7,11H,2H2,1H3/t3-,4+,5+,6+,7+/m1/s1. The molecule has 0 radical (unpaired) electrons. The normalized spacial score (nSPS) is 45.1. The van der Waals surface area contributed by atoms with E-state index in [2.05, 4.69) is 10.0 Å². The van der Waals surface area contributed by atoms with Gasteiger partial charge in [0.2, 0.25) is 0 Å². The van der Waals surface area contributed by atoms with Crippen LogP contribution in [0, 0.1) is 0 Å². The molecule has 0 bridgehead atoms. The number of hydrogen-bond donors (Lipinski definition) is 1. The lowest BCUT2D eigenvalue weighted by Gasteiger charge is -2.28. The van der Waals surface area contributed by atoms with Crippen LogP contribution in [0.15, 0.2) is 5.11 Å². The van der Waals surface area contributed by atoms with Crippen LogP contribution in [0.5, 0.6) is 0 Å². The van der Waals surface area contributed by atoms with Gasteiger partial charge in [-0.1, -0.05) is 5.11 Å². The predicted octanol–water partition coefficient (Wildman–Crippen LogP) is -0.204. The minimum atomic E-state index is -0.739. The number of epoxide rings is 1. The minimum Gasteiger partial charge on any atom is -0.388 e. The highest BCUT2D eigenvalue weighted by Gasteiger charge is 2.57. The molecule has 2 aliphatic heterocycles. The fraction of sp³-hybridized carbons (Fsp3) is 1.00. The molecule has 0 aromatic carbocycles. The summed E-state index contributed by atoms with van der Waals surface area (Å²) < 4.78 is 15.5. The van der Waals surface area contributed by atoms with Crippen molar-refractivity contribution >= 4 is 0 Å². The van der Waals surface area contributed by atoms with Crippen LogP contribution in [0.3, 0.4) is 0 Å². The smallest absolute Gasteiger partial charge is 0.186 e. The molecule has 0 spiro atoms. The lowest BCUT2D eigenvalue weighted by Crippen LogP contribution is -2.47. The zero-order valence-corrected chi connectivity index (χ0v) is 7.61. The Morgan fingerprint density at radius 3 is 2.93 bits per heavy atom. The molecule has 5 atom stereocenters. The molecular weight excluding hydrogens is 190 g/mol. The number of hydrogen-bond acceptors (Lipinski definition) is 5. The first-order chi connectivity index (χ1) is 6.77. The number of aliphatic hydroxyl groups is 1. The summed E-state index contributed by atoms with van der Waals surface area (Å²) in [4.78, 5) is 2.61. The van der Waals surface area contributed by atoms with E-state index < -0.39 is 18.5 Å². The summed E-state index contributed by atoms with van der Waals surface area (Å²) in [5.41, 5.74) is 8.14. The van der Waals surface area contributed by atoms with Crippen molar-refractivity contribution in [2.45, 2.75) is 30.7 Å². The highest BCUT2D eigenvalue weighted by atomic mass is 16.7. The van der Waals surface area contributed by atoms with Gasteiger partial charge in [-0.3, -0.25) is 0 Å². The van der Waals surface area contributed by atoms with Crippen molar-refractivity contribution in [1.82, 2.24) is 0 Å². The van der Waals surface area contributed by atoms with E-state index in [9.17, 15) is 5.11 Å². The third kappa shape index (κ3) is 1.56. The van der Waals surface area contributed by atoms with E-state index in [1.165, 1.54) is 7.11 Å². The van der Waals surface area contributed by atoms with Crippen molar-refractivity contribution < 1.29 is 19.3 Å². The third-order valence-electron chi connectivity index (χ3n) is 2.41. The van der Waals surface area contributed by atoms with Gasteiger partial charge in [0.15, 0.2) is 6.29 Å². The first-order valence-corrected chi connectivity index (χ1v) is 4.30. The Morgan fingerprint density at radius 1 is 1.50 bits per heavy atom. The van der Waals surface area contributed by atoms with E-state index in [1.54, 1.807) is 0 Å². The van der Waals surface area contributed by atoms with Gasteiger partial charge in [-0.15, -0.1) is 0 Å². The Hall–Kier alpha value is -0.850. The summed E-state index contributed by atoms with van der Waals surface area (Å²) >= 11 is 0. The molecule has 14 heavy (non-hydrogen) atoms. The van der Waals surface area contributed by atoms with Gasteiger partial charge in [0.1, 0.15) is 18.3 Å². The lowest BCUT2D eigenvalue weighted by molar-refractivity contribution is -0.195. The van der Waals surface area contributed by atoms with Gasteiger partial charge < -0.3 is 19.3 Å². The van der Waals surface area contributed by atoms with Gasteiger partial charge in [-0.05, 0) is 5.53 Å². The second kappa shape index (κ2) is 3.72. The zero-order valence-electron chi connectivity index (χ0n) is 7.61.